The second-order valence-corrected chi connectivity index (χ2v) is 7.48. The molecule has 0 radical (unpaired) electrons. The van der Waals surface area contributed by atoms with Crippen molar-refractivity contribution in [1.82, 2.24) is 4.98 Å². The van der Waals surface area contributed by atoms with Gasteiger partial charge in [0.1, 0.15) is 10.7 Å². The van der Waals surface area contributed by atoms with Crippen LogP contribution >= 0.6 is 11.3 Å². The SMILES string of the molecule is Cc1nc(-c2ccccc2)c(C(=O)O[C@@H](C)C(=O)Nc2ccc(C)c(F)c2)s1. The Morgan fingerprint density at radius 2 is 1.86 bits per heavy atom. The van der Waals surface area contributed by atoms with Crippen LogP contribution in [-0.4, -0.2) is 23.0 Å². The number of nitrogens with one attached hydrogen (secondary N) is 1. The average Bonchev–Trinajstić information content (AvgIpc) is 3.07. The van der Waals surface area contributed by atoms with Crippen molar-refractivity contribution in [3.63, 3.8) is 0 Å². The molecule has 0 spiro atoms. The summed E-state index contributed by atoms with van der Waals surface area (Å²) in [7, 11) is 0. The van der Waals surface area contributed by atoms with Crippen molar-refractivity contribution in [3.05, 3.63) is 69.8 Å². The molecule has 1 atom stereocenters. The van der Waals surface area contributed by atoms with Crippen molar-refractivity contribution in [2.45, 2.75) is 26.9 Å². The van der Waals surface area contributed by atoms with Gasteiger partial charge in [0.25, 0.3) is 5.91 Å². The molecule has 0 aliphatic heterocycles. The van der Waals surface area contributed by atoms with Gasteiger partial charge in [0.2, 0.25) is 0 Å². The third kappa shape index (κ3) is 4.43. The number of aryl methyl sites for hydroxylation is 2. The Hall–Kier alpha value is -3.06. The molecule has 1 aromatic heterocycles. The maximum Gasteiger partial charge on any atom is 0.351 e. The van der Waals surface area contributed by atoms with E-state index >= 15 is 0 Å². The molecule has 0 unspecified atom stereocenters. The minimum atomic E-state index is -1.05. The first-order valence-corrected chi connectivity index (χ1v) is 9.47. The number of rotatable bonds is 5. The Morgan fingerprint density at radius 1 is 1.14 bits per heavy atom. The van der Waals surface area contributed by atoms with Crippen LogP contribution in [-0.2, 0) is 9.53 Å². The van der Waals surface area contributed by atoms with Gasteiger partial charge in [-0.05, 0) is 38.5 Å². The van der Waals surface area contributed by atoms with Crippen molar-refractivity contribution in [2.75, 3.05) is 5.32 Å². The highest BCUT2D eigenvalue weighted by Crippen LogP contribution is 2.29. The number of hydrogen-bond donors (Lipinski definition) is 1. The lowest BCUT2D eigenvalue weighted by atomic mass is 10.1. The minimum Gasteiger partial charge on any atom is -0.448 e. The van der Waals surface area contributed by atoms with E-state index in [-0.39, 0.29) is 0 Å². The van der Waals surface area contributed by atoms with Crippen molar-refractivity contribution < 1.29 is 18.7 Å². The molecule has 0 saturated heterocycles. The van der Waals surface area contributed by atoms with Crippen LogP contribution in [0.4, 0.5) is 10.1 Å². The highest BCUT2D eigenvalue weighted by Gasteiger charge is 2.24. The molecule has 3 rings (SSSR count). The van der Waals surface area contributed by atoms with Gasteiger partial charge in [-0.2, -0.15) is 0 Å². The van der Waals surface area contributed by atoms with Crippen molar-refractivity contribution in [2.24, 2.45) is 0 Å². The van der Waals surface area contributed by atoms with Gasteiger partial charge in [0.15, 0.2) is 6.10 Å². The standard InChI is InChI=1S/C21H19FN2O3S/c1-12-9-10-16(11-17(12)22)24-20(25)13(2)27-21(26)19-18(23-14(3)28-19)15-7-5-4-6-8-15/h4-11,13H,1-3H3,(H,24,25)/t13-/m0/s1. The average molecular weight is 398 g/mol. The molecule has 2 aromatic carbocycles. The third-order valence-corrected chi connectivity index (χ3v) is 5.01. The quantitative estimate of drug-likeness (QED) is 0.630. The fourth-order valence-electron chi connectivity index (χ4n) is 2.54. The van der Waals surface area contributed by atoms with Crippen LogP contribution in [0.15, 0.2) is 48.5 Å². The molecule has 1 amide bonds. The first kappa shape index (κ1) is 19.7. The van der Waals surface area contributed by atoms with E-state index in [4.69, 9.17) is 4.74 Å². The smallest absolute Gasteiger partial charge is 0.351 e. The molecule has 7 heteroatoms. The number of anilines is 1. The van der Waals surface area contributed by atoms with E-state index in [9.17, 15) is 14.0 Å². The normalized spacial score (nSPS) is 11.7. The summed E-state index contributed by atoms with van der Waals surface area (Å²) in [6, 6.07) is 13.7. The number of esters is 1. The Labute approximate surface area is 166 Å². The summed E-state index contributed by atoms with van der Waals surface area (Å²) in [5.74, 6) is -1.59. The Bertz CT molecular complexity index is 1020. The predicted molar refractivity (Wildman–Crippen MR) is 107 cm³/mol. The molecule has 0 saturated carbocycles. The van der Waals surface area contributed by atoms with E-state index in [0.717, 1.165) is 10.6 Å². The molecule has 144 valence electrons. The van der Waals surface area contributed by atoms with E-state index in [1.807, 2.05) is 30.3 Å². The number of halogens is 1. The topological polar surface area (TPSA) is 68.3 Å². The summed E-state index contributed by atoms with van der Waals surface area (Å²) in [5, 5.41) is 3.27. The first-order chi connectivity index (χ1) is 13.3. The van der Waals surface area contributed by atoms with Gasteiger partial charge in [0.05, 0.1) is 10.7 Å². The van der Waals surface area contributed by atoms with Crippen LogP contribution < -0.4 is 5.32 Å². The molecule has 0 bridgehead atoms. The van der Waals surface area contributed by atoms with Crippen LogP contribution in [0, 0.1) is 19.7 Å². The van der Waals surface area contributed by atoms with E-state index in [1.165, 1.54) is 24.3 Å². The van der Waals surface area contributed by atoms with Gasteiger partial charge in [-0.25, -0.2) is 14.2 Å². The second kappa shape index (κ2) is 8.31. The summed E-state index contributed by atoms with van der Waals surface area (Å²) < 4.78 is 19.0. The summed E-state index contributed by atoms with van der Waals surface area (Å²) >= 11 is 1.21. The number of amides is 1. The molecule has 3 aromatic rings. The molecule has 28 heavy (non-hydrogen) atoms. The van der Waals surface area contributed by atoms with E-state index in [1.54, 1.807) is 26.0 Å². The summed E-state index contributed by atoms with van der Waals surface area (Å²) in [6.07, 6.45) is -1.05. The molecule has 5 nitrogen and oxygen atoms in total. The van der Waals surface area contributed by atoms with Gasteiger partial charge >= 0.3 is 5.97 Å². The molecule has 0 aliphatic rings. The largest absolute Gasteiger partial charge is 0.448 e. The van der Waals surface area contributed by atoms with Gasteiger partial charge in [-0.15, -0.1) is 11.3 Å². The summed E-state index contributed by atoms with van der Waals surface area (Å²) in [6.45, 7) is 4.90. The maximum absolute atomic E-state index is 13.6. The zero-order chi connectivity index (χ0) is 20.3. The molecular weight excluding hydrogens is 379 g/mol. The number of nitrogens with zero attached hydrogens (tertiary/aromatic N) is 1. The zero-order valence-electron chi connectivity index (χ0n) is 15.7. The van der Waals surface area contributed by atoms with Crippen LogP contribution in [0.2, 0.25) is 0 Å². The van der Waals surface area contributed by atoms with Crippen LogP contribution in [0.5, 0.6) is 0 Å². The van der Waals surface area contributed by atoms with Crippen LogP contribution in [0.25, 0.3) is 11.3 Å². The number of aromatic nitrogens is 1. The van der Waals surface area contributed by atoms with Crippen LogP contribution in [0.3, 0.4) is 0 Å². The summed E-state index contributed by atoms with van der Waals surface area (Å²) in [4.78, 5) is 29.7. The number of hydrogen-bond acceptors (Lipinski definition) is 5. The lowest BCUT2D eigenvalue weighted by Gasteiger charge is -2.13. The fourth-order valence-corrected chi connectivity index (χ4v) is 3.36. The van der Waals surface area contributed by atoms with Gasteiger partial charge < -0.3 is 10.1 Å². The molecular formula is C21H19FN2O3S. The Kier molecular flexibility index (Phi) is 5.84. The number of carbonyl (C=O) groups excluding carboxylic acids is 2. The fraction of sp³-hybridized carbons (Fsp3) is 0.190. The van der Waals surface area contributed by atoms with Gasteiger partial charge in [-0.3, -0.25) is 4.79 Å². The lowest BCUT2D eigenvalue weighted by molar-refractivity contribution is -0.123. The molecule has 0 aliphatic carbocycles. The Balaban J connectivity index is 1.72. The maximum atomic E-state index is 13.6. The molecule has 1 N–H and O–H groups in total. The summed E-state index contributed by atoms with van der Waals surface area (Å²) in [5.41, 5.74) is 2.11. The van der Waals surface area contributed by atoms with Crippen molar-refractivity contribution in [3.8, 4) is 11.3 Å². The minimum absolute atomic E-state index is 0.301. The number of carbonyl (C=O) groups is 2. The molecule has 1 heterocycles. The zero-order valence-corrected chi connectivity index (χ0v) is 16.5. The molecule has 0 fully saturated rings. The van der Waals surface area contributed by atoms with Gasteiger partial charge in [-0.1, -0.05) is 36.4 Å². The van der Waals surface area contributed by atoms with Crippen molar-refractivity contribution in [1.29, 1.82) is 0 Å². The third-order valence-electron chi connectivity index (χ3n) is 4.06. The monoisotopic (exact) mass is 398 g/mol. The Morgan fingerprint density at radius 3 is 2.54 bits per heavy atom. The van der Waals surface area contributed by atoms with Gasteiger partial charge in [0, 0.05) is 11.3 Å². The van der Waals surface area contributed by atoms with Crippen molar-refractivity contribution >= 4 is 28.9 Å². The number of thiazole rings is 1. The predicted octanol–water partition coefficient (Wildman–Crippen LogP) is 4.75. The number of benzene rings is 2. The van der Waals surface area contributed by atoms with E-state index < -0.39 is 23.8 Å². The highest BCUT2D eigenvalue weighted by molar-refractivity contribution is 7.14. The number of ether oxygens (including phenoxy) is 1. The van der Waals surface area contributed by atoms with E-state index in [2.05, 4.69) is 10.3 Å². The van der Waals surface area contributed by atoms with Crippen LogP contribution in [0.1, 0.15) is 27.2 Å². The first-order valence-electron chi connectivity index (χ1n) is 8.66. The highest BCUT2D eigenvalue weighted by atomic mass is 32.1. The second-order valence-electron chi connectivity index (χ2n) is 6.28. The van der Waals surface area contributed by atoms with E-state index in [0.29, 0.717) is 21.8 Å². The lowest BCUT2D eigenvalue weighted by Crippen LogP contribution is -2.30.